The molecule has 2 aromatic carbocycles. The normalized spacial score (nSPS) is 11.5. The molecule has 0 radical (unpaired) electrons. The molecule has 0 spiro atoms. The van der Waals surface area contributed by atoms with Crippen LogP contribution in [0.25, 0.3) is 24.3 Å². The Balaban J connectivity index is 1.78. The third kappa shape index (κ3) is 3.44. The first-order valence-corrected chi connectivity index (χ1v) is 7.45. The van der Waals surface area contributed by atoms with Gasteiger partial charge in [-0.3, -0.25) is 0 Å². The van der Waals surface area contributed by atoms with Gasteiger partial charge in [-0.1, -0.05) is 72.8 Å². The van der Waals surface area contributed by atoms with Gasteiger partial charge in [-0.2, -0.15) is 0 Å². The summed E-state index contributed by atoms with van der Waals surface area (Å²) in [6, 6.07) is 25.0. The third-order valence-corrected chi connectivity index (χ3v) is 3.69. The van der Waals surface area contributed by atoms with Crippen LogP contribution in [0.15, 0.2) is 72.8 Å². The van der Waals surface area contributed by atoms with Gasteiger partial charge in [0.2, 0.25) is 0 Å². The number of aromatic nitrogens is 1. The minimum Gasteiger partial charge on any atom is -0.345 e. The van der Waals surface area contributed by atoms with E-state index in [-0.39, 0.29) is 0 Å². The molecule has 22 heavy (non-hydrogen) atoms. The molecule has 0 bridgehead atoms. The number of hydrogen-bond acceptors (Lipinski definition) is 0. The van der Waals surface area contributed by atoms with Crippen LogP contribution in [0.3, 0.4) is 0 Å². The van der Waals surface area contributed by atoms with Crippen molar-refractivity contribution in [2.24, 2.45) is 7.05 Å². The van der Waals surface area contributed by atoms with Gasteiger partial charge in [-0.05, 0) is 35.4 Å². The van der Waals surface area contributed by atoms with Gasteiger partial charge < -0.3 is 4.57 Å². The second-order valence-electron chi connectivity index (χ2n) is 5.23. The molecule has 0 saturated heterocycles. The van der Waals surface area contributed by atoms with Gasteiger partial charge in [0.15, 0.2) is 0 Å². The predicted molar refractivity (Wildman–Crippen MR) is 96.2 cm³/mol. The molecule has 0 N–H and O–H groups in total. The molecule has 0 aliphatic heterocycles. The summed E-state index contributed by atoms with van der Waals surface area (Å²) in [5.41, 5.74) is 4.81. The van der Waals surface area contributed by atoms with Crippen molar-refractivity contribution in [1.82, 2.24) is 4.57 Å². The fourth-order valence-electron chi connectivity index (χ4n) is 2.37. The third-order valence-electron chi connectivity index (χ3n) is 3.69. The molecule has 0 atom stereocenters. The molecule has 0 fully saturated rings. The number of benzene rings is 2. The summed E-state index contributed by atoms with van der Waals surface area (Å²) >= 11 is 0. The van der Waals surface area contributed by atoms with Crippen LogP contribution in [0.1, 0.15) is 22.5 Å². The molecule has 1 heteroatoms. The van der Waals surface area contributed by atoms with Gasteiger partial charge in [-0.15, -0.1) is 0 Å². The van der Waals surface area contributed by atoms with Crippen molar-refractivity contribution >= 4 is 24.3 Å². The largest absolute Gasteiger partial charge is 0.345 e. The van der Waals surface area contributed by atoms with E-state index in [0.29, 0.717) is 0 Å². The molecular weight excluding hydrogens is 266 g/mol. The minimum absolute atomic E-state index is 1.19. The van der Waals surface area contributed by atoms with Crippen molar-refractivity contribution in [3.05, 3.63) is 95.3 Å². The monoisotopic (exact) mass is 285 g/mol. The Morgan fingerprint density at radius 3 is 1.36 bits per heavy atom. The maximum Gasteiger partial charge on any atom is 0.0409 e. The second-order valence-corrected chi connectivity index (χ2v) is 5.23. The summed E-state index contributed by atoms with van der Waals surface area (Å²) < 4.78 is 2.19. The summed E-state index contributed by atoms with van der Waals surface area (Å²) in [7, 11) is 2.09. The standard InChI is InChI=1S/C21H19N/c1-22-20(14-12-18-8-4-2-5-9-18)16-17-21(22)15-13-19-10-6-3-7-11-19/h2-17H,1H3/b14-12+,15-13+. The van der Waals surface area contributed by atoms with Crippen molar-refractivity contribution < 1.29 is 0 Å². The van der Waals surface area contributed by atoms with Gasteiger partial charge in [-0.25, -0.2) is 0 Å². The Bertz CT molecular complexity index is 710. The van der Waals surface area contributed by atoms with Crippen LogP contribution in [0.5, 0.6) is 0 Å². The van der Waals surface area contributed by atoms with Crippen molar-refractivity contribution in [2.75, 3.05) is 0 Å². The average Bonchev–Trinajstić information content (AvgIpc) is 2.93. The van der Waals surface area contributed by atoms with Gasteiger partial charge >= 0.3 is 0 Å². The van der Waals surface area contributed by atoms with Crippen LogP contribution in [-0.4, -0.2) is 4.57 Å². The lowest BCUT2D eigenvalue weighted by Crippen LogP contribution is -1.92. The highest BCUT2D eigenvalue weighted by molar-refractivity contribution is 5.72. The Morgan fingerprint density at radius 2 is 0.955 bits per heavy atom. The lowest BCUT2D eigenvalue weighted by Gasteiger charge is -2.01. The van der Waals surface area contributed by atoms with Crippen LogP contribution in [0.2, 0.25) is 0 Å². The van der Waals surface area contributed by atoms with Gasteiger partial charge in [0.05, 0.1) is 0 Å². The molecule has 0 saturated carbocycles. The smallest absolute Gasteiger partial charge is 0.0409 e. The summed E-state index contributed by atoms with van der Waals surface area (Å²) in [5.74, 6) is 0. The molecule has 0 aliphatic carbocycles. The lowest BCUT2D eigenvalue weighted by molar-refractivity contribution is 0.903. The summed E-state index contributed by atoms with van der Waals surface area (Å²) in [5, 5.41) is 0. The number of hydrogen-bond donors (Lipinski definition) is 0. The molecule has 1 nitrogen and oxygen atoms in total. The molecule has 1 heterocycles. The van der Waals surface area contributed by atoms with Crippen LogP contribution in [-0.2, 0) is 7.05 Å². The first kappa shape index (κ1) is 14.2. The Morgan fingerprint density at radius 1 is 0.545 bits per heavy atom. The quantitative estimate of drug-likeness (QED) is 0.607. The lowest BCUT2D eigenvalue weighted by atomic mass is 10.2. The molecule has 3 aromatic rings. The maximum absolute atomic E-state index is 2.19. The second kappa shape index (κ2) is 6.77. The predicted octanol–water partition coefficient (Wildman–Crippen LogP) is 5.37. The molecule has 0 unspecified atom stereocenters. The molecule has 3 rings (SSSR count). The number of nitrogens with zero attached hydrogens (tertiary/aromatic N) is 1. The first-order chi connectivity index (χ1) is 10.8. The van der Waals surface area contributed by atoms with E-state index < -0.39 is 0 Å². The first-order valence-electron chi connectivity index (χ1n) is 7.45. The molecular formula is C21H19N. The molecule has 0 aliphatic rings. The highest BCUT2D eigenvalue weighted by Crippen LogP contribution is 2.14. The zero-order valence-electron chi connectivity index (χ0n) is 12.7. The summed E-state index contributed by atoms with van der Waals surface area (Å²) in [6.07, 6.45) is 8.57. The van der Waals surface area contributed by atoms with E-state index in [1.807, 2.05) is 12.1 Å². The van der Waals surface area contributed by atoms with Crippen LogP contribution < -0.4 is 0 Å². The Hall–Kier alpha value is -2.80. The van der Waals surface area contributed by atoms with Crippen molar-refractivity contribution in [2.45, 2.75) is 0 Å². The van der Waals surface area contributed by atoms with E-state index in [9.17, 15) is 0 Å². The van der Waals surface area contributed by atoms with Gasteiger partial charge in [0.1, 0.15) is 0 Å². The number of rotatable bonds is 4. The summed E-state index contributed by atoms with van der Waals surface area (Å²) in [6.45, 7) is 0. The maximum atomic E-state index is 2.19. The van der Waals surface area contributed by atoms with Crippen LogP contribution in [0, 0.1) is 0 Å². The van der Waals surface area contributed by atoms with Crippen molar-refractivity contribution in [1.29, 1.82) is 0 Å². The van der Waals surface area contributed by atoms with Gasteiger partial charge in [0, 0.05) is 18.4 Å². The zero-order chi connectivity index (χ0) is 15.2. The van der Waals surface area contributed by atoms with E-state index >= 15 is 0 Å². The highest BCUT2D eigenvalue weighted by atomic mass is 14.9. The van der Waals surface area contributed by atoms with E-state index in [1.54, 1.807) is 0 Å². The fraction of sp³-hybridized carbons (Fsp3) is 0.0476. The Kier molecular flexibility index (Phi) is 4.35. The van der Waals surface area contributed by atoms with Crippen molar-refractivity contribution in [3.8, 4) is 0 Å². The minimum atomic E-state index is 1.19. The molecule has 0 amide bonds. The topological polar surface area (TPSA) is 4.93 Å². The highest BCUT2D eigenvalue weighted by Gasteiger charge is 1.98. The molecule has 108 valence electrons. The SMILES string of the molecule is Cn1c(/C=C/c2ccccc2)ccc1/C=C/c1ccccc1. The summed E-state index contributed by atoms with van der Waals surface area (Å²) in [4.78, 5) is 0. The Labute approximate surface area is 131 Å². The van der Waals surface area contributed by atoms with E-state index in [4.69, 9.17) is 0 Å². The van der Waals surface area contributed by atoms with Crippen molar-refractivity contribution in [3.63, 3.8) is 0 Å². The van der Waals surface area contributed by atoms with E-state index in [1.165, 1.54) is 22.5 Å². The fourth-order valence-corrected chi connectivity index (χ4v) is 2.37. The van der Waals surface area contributed by atoms with E-state index in [2.05, 4.69) is 96.6 Å². The molecule has 1 aromatic heterocycles. The van der Waals surface area contributed by atoms with Gasteiger partial charge in [0.25, 0.3) is 0 Å². The zero-order valence-corrected chi connectivity index (χ0v) is 12.7. The van der Waals surface area contributed by atoms with E-state index in [0.717, 1.165) is 0 Å². The average molecular weight is 285 g/mol. The van der Waals surface area contributed by atoms with Crippen LogP contribution >= 0.6 is 0 Å². The van der Waals surface area contributed by atoms with Crippen LogP contribution in [0.4, 0.5) is 0 Å².